The lowest BCUT2D eigenvalue weighted by Gasteiger charge is -2.27. The second-order valence-corrected chi connectivity index (χ2v) is 10.9. The topological polar surface area (TPSA) is 66.5 Å². The van der Waals surface area contributed by atoms with Crippen molar-refractivity contribution in [1.29, 1.82) is 0 Å². The Morgan fingerprint density at radius 1 is 0.833 bits per heavy atom. The van der Waals surface area contributed by atoms with Crippen molar-refractivity contribution in [2.75, 3.05) is 10.8 Å². The molecule has 0 heterocycles. The van der Waals surface area contributed by atoms with Crippen LogP contribution in [0.15, 0.2) is 108 Å². The summed E-state index contributed by atoms with van der Waals surface area (Å²) >= 11 is 12.6. The highest BCUT2D eigenvalue weighted by atomic mass is 35.5. The van der Waals surface area contributed by atoms with E-state index in [0.29, 0.717) is 0 Å². The monoisotopic (exact) mass is 538 g/mol. The predicted octanol–water partition coefficient (Wildman–Crippen LogP) is 6.40. The van der Waals surface area contributed by atoms with Crippen LogP contribution in [0.4, 0.5) is 5.69 Å². The summed E-state index contributed by atoms with van der Waals surface area (Å²) < 4.78 is 28.3. The molecule has 0 aliphatic carbocycles. The third kappa shape index (κ3) is 5.73. The van der Waals surface area contributed by atoms with Gasteiger partial charge in [0.15, 0.2) is 0 Å². The number of carbonyl (C=O) groups is 1. The van der Waals surface area contributed by atoms with Gasteiger partial charge in [0.2, 0.25) is 5.91 Å². The normalized spacial score (nSPS) is 12.1. The number of benzene rings is 4. The molecule has 0 aromatic heterocycles. The third-order valence-corrected chi connectivity index (χ3v) is 8.21. The van der Waals surface area contributed by atoms with Gasteiger partial charge in [-0.1, -0.05) is 108 Å². The number of nitrogens with one attached hydrogen (secondary N) is 1. The third-order valence-electron chi connectivity index (χ3n) is 5.63. The molecule has 8 heteroatoms. The van der Waals surface area contributed by atoms with E-state index in [1.165, 1.54) is 18.2 Å². The molecule has 4 aromatic carbocycles. The number of sulfonamides is 1. The summed E-state index contributed by atoms with van der Waals surface area (Å²) in [4.78, 5) is 13.5. The molecule has 184 valence electrons. The van der Waals surface area contributed by atoms with Crippen molar-refractivity contribution >= 4 is 44.8 Å². The van der Waals surface area contributed by atoms with Crippen LogP contribution in [0.3, 0.4) is 0 Å². The molecule has 0 aliphatic rings. The summed E-state index contributed by atoms with van der Waals surface area (Å²) in [5.41, 5.74) is 2.92. The summed E-state index contributed by atoms with van der Waals surface area (Å²) in [6.07, 6.45) is 0. The van der Waals surface area contributed by atoms with Crippen molar-refractivity contribution in [3.05, 3.63) is 130 Å². The maximum atomic E-state index is 13.6. The van der Waals surface area contributed by atoms with Gasteiger partial charge >= 0.3 is 0 Å². The number of hydrogen-bond acceptors (Lipinski definition) is 3. The van der Waals surface area contributed by atoms with Crippen molar-refractivity contribution < 1.29 is 13.2 Å². The summed E-state index contributed by atoms with van der Waals surface area (Å²) in [7, 11) is -4.13. The molecule has 1 unspecified atom stereocenters. The first kappa shape index (κ1) is 25.8. The van der Waals surface area contributed by atoms with Gasteiger partial charge in [0.05, 0.1) is 26.7 Å². The second kappa shape index (κ2) is 11.2. The van der Waals surface area contributed by atoms with E-state index >= 15 is 0 Å². The lowest BCUT2D eigenvalue weighted by molar-refractivity contribution is -0.120. The van der Waals surface area contributed by atoms with Crippen molar-refractivity contribution in [2.45, 2.75) is 17.9 Å². The van der Waals surface area contributed by atoms with Gasteiger partial charge in [0, 0.05) is 0 Å². The number of nitrogens with zero attached hydrogens (tertiary/aromatic N) is 1. The molecule has 1 N–H and O–H groups in total. The molecule has 4 aromatic rings. The number of anilines is 1. The zero-order valence-electron chi connectivity index (χ0n) is 19.4. The molecule has 0 aliphatic heterocycles. The Labute approximate surface area is 221 Å². The smallest absolute Gasteiger partial charge is 0.264 e. The Morgan fingerprint density at radius 3 is 2.11 bits per heavy atom. The Kier molecular flexibility index (Phi) is 7.99. The maximum Gasteiger partial charge on any atom is 0.264 e. The van der Waals surface area contributed by atoms with E-state index in [4.69, 9.17) is 23.2 Å². The molecule has 0 saturated heterocycles. The number of hydrogen-bond donors (Lipinski definition) is 1. The van der Waals surface area contributed by atoms with Crippen molar-refractivity contribution in [2.24, 2.45) is 0 Å². The van der Waals surface area contributed by atoms with Crippen molar-refractivity contribution in [3.8, 4) is 0 Å². The van der Waals surface area contributed by atoms with Gasteiger partial charge in [-0.15, -0.1) is 0 Å². The molecule has 0 bridgehead atoms. The fourth-order valence-corrected chi connectivity index (χ4v) is 5.80. The molecular weight excluding hydrogens is 515 g/mol. The minimum atomic E-state index is -4.13. The molecule has 0 spiro atoms. The van der Waals surface area contributed by atoms with Crippen LogP contribution in [0.25, 0.3) is 0 Å². The van der Waals surface area contributed by atoms with E-state index in [2.05, 4.69) is 5.32 Å². The lowest BCUT2D eigenvalue weighted by atomic mass is 9.97. The van der Waals surface area contributed by atoms with Crippen LogP contribution in [0.2, 0.25) is 10.0 Å². The number of aryl methyl sites for hydroxylation is 1. The summed E-state index contributed by atoms with van der Waals surface area (Å²) in [5.74, 6) is -0.499. The Hall–Kier alpha value is -3.32. The van der Waals surface area contributed by atoms with Crippen LogP contribution in [-0.4, -0.2) is 20.9 Å². The number of amides is 1. The van der Waals surface area contributed by atoms with E-state index < -0.39 is 28.5 Å². The van der Waals surface area contributed by atoms with Crippen LogP contribution < -0.4 is 9.62 Å². The van der Waals surface area contributed by atoms with Crippen LogP contribution in [0.1, 0.15) is 22.7 Å². The van der Waals surface area contributed by atoms with E-state index in [9.17, 15) is 13.2 Å². The first-order valence-electron chi connectivity index (χ1n) is 11.2. The molecular formula is C28H24Cl2N2O3S. The van der Waals surface area contributed by atoms with Gasteiger partial charge in [-0.2, -0.15) is 0 Å². The van der Waals surface area contributed by atoms with Crippen molar-refractivity contribution in [1.82, 2.24) is 5.32 Å². The molecule has 0 radical (unpaired) electrons. The maximum absolute atomic E-state index is 13.6. The molecule has 1 amide bonds. The first-order valence-corrected chi connectivity index (χ1v) is 13.4. The predicted molar refractivity (Wildman–Crippen MR) is 145 cm³/mol. The largest absolute Gasteiger partial charge is 0.344 e. The molecule has 0 saturated carbocycles. The van der Waals surface area contributed by atoms with E-state index in [1.54, 1.807) is 30.3 Å². The summed E-state index contributed by atoms with van der Waals surface area (Å²) in [6.45, 7) is 1.48. The molecule has 4 rings (SSSR count). The Balaban J connectivity index is 1.72. The van der Waals surface area contributed by atoms with Crippen LogP contribution >= 0.6 is 23.2 Å². The van der Waals surface area contributed by atoms with Gasteiger partial charge < -0.3 is 5.32 Å². The first-order chi connectivity index (χ1) is 17.3. The molecule has 1 atom stereocenters. The summed E-state index contributed by atoms with van der Waals surface area (Å²) in [5, 5.41) is 3.24. The van der Waals surface area contributed by atoms with Gasteiger partial charge in [0.25, 0.3) is 10.0 Å². The van der Waals surface area contributed by atoms with Crippen LogP contribution in [0.5, 0.6) is 0 Å². The number of rotatable bonds is 8. The quantitative estimate of drug-likeness (QED) is 0.282. The Morgan fingerprint density at radius 2 is 1.44 bits per heavy atom. The van der Waals surface area contributed by atoms with Crippen molar-refractivity contribution in [3.63, 3.8) is 0 Å². The zero-order chi connectivity index (χ0) is 25.7. The van der Waals surface area contributed by atoms with Crippen LogP contribution in [0, 0.1) is 6.92 Å². The fraction of sp³-hybridized carbons (Fsp3) is 0.107. The number of halogens is 2. The second-order valence-electron chi connectivity index (χ2n) is 8.22. The van der Waals surface area contributed by atoms with E-state index in [-0.39, 0.29) is 20.6 Å². The molecule has 0 fully saturated rings. The van der Waals surface area contributed by atoms with Gasteiger partial charge in [-0.05, 0) is 42.3 Å². The van der Waals surface area contributed by atoms with Gasteiger partial charge in [-0.25, -0.2) is 8.42 Å². The zero-order valence-corrected chi connectivity index (χ0v) is 21.8. The SMILES string of the molecule is Cc1cccc(C(NC(=O)CN(c2cccc(Cl)c2Cl)S(=O)(=O)c2ccccc2)c2ccccc2)c1. The fourth-order valence-electron chi connectivity index (χ4n) is 3.90. The Bertz CT molecular complexity index is 1460. The number of carbonyl (C=O) groups excluding carboxylic acids is 1. The highest BCUT2D eigenvalue weighted by Gasteiger charge is 2.30. The highest BCUT2D eigenvalue weighted by Crippen LogP contribution is 2.35. The van der Waals surface area contributed by atoms with Gasteiger partial charge in [-0.3, -0.25) is 9.10 Å². The lowest BCUT2D eigenvalue weighted by Crippen LogP contribution is -2.42. The van der Waals surface area contributed by atoms with E-state index in [1.807, 2.05) is 61.5 Å². The highest BCUT2D eigenvalue weighted by molar-refractivity contribution is 7.92. The average Bonchev–Trinajstić information content (AvgIpc) is 2.88. The molecule has 5 nitrogen and oxygen atoms in total. The van der Waals surface area contributed by atoms with Gasteiger partial charge in [0.1, 0.15) is 6.54 Å². The molecule has 36 heavy (non-hydrogen) atoms. The van der Waals surface area contributed by atoms with E-state index in [0.717, 1.165) is 21.0 Å². The standard InChI is InChI=1S/C28H24Cl2N2O3S/c1-20-10-8-13-22(18-20)28(21-11-4-2-5-12-21)31-26(33)19-32(25-17-9-16-24(29)27(25)30)36(34,35)23-14-6-3-7-15-23/h2-18,28H,19H2,1H3,(H,31,33). The summed E-state index contributed by atoms with van der Waals surface area (Å²) in [6, 6.07) is 29.4. The minimum Gasteiger partial charge on any atom is -0.344 e. The minimum absolute atomic E-state index is 0.0344. The average molecular weight is 539 g/mol. The van der Waals surface area contributed by atoms with Crippen LogP contribution in [-0.2, 0) is 14.8 Å².